The molecule has 1 aromatic carbocycles. The van der Waals surface area contributed by atoms with Gasteiger partial charge in [0.1, 0.15) is 24.4 Å². The number of rotatable bonds is 6. The number of aliphatic hydroxyl groups excluding tert-OH is 3. The van der Waals surface area contributed by atoms with Crippen LogP contribution in [-0.4, -0.2) is 57.8 Å². The number of imide groups is 1. The van der Waals surface area contributed by atoms with Crippen LogP contribution in [0.25, 0.3) is 0 Å². The Morgan fingerprint density at radius 3 is 2.35 bits per heavy atom. The molecule has 3 rings (SSSR count). The average Bonchev–Trinajstić information content (AvgIpc) is 3.14. The standard InChI is InChI=1S/C18H24N2O6/c1-26-13-10-12(19-14(21)6-7-15(19)22)4-2-11(13)3-5-16(23)20-17(24)8-9-18(20)25/h2,4,10,16-18,23-25H,3,5-9H2,1H3. The molecule has 3 unspecified atom stereocenters. The molecule has 2 saturated heterocycles. The molecule has 2 amide bonds. The van der Waals surface area contributed by atoms with E-state index in [-0.39, 0.29) is 24.7 Å². The van der Waals surface area contributed by atoms with Crippen LogP contribution in [0.3, 0.4) is 0 Å². The Morgan fingerprint density at radius 2 is 1.77 bits per heavy atom. The molecule has 2 heterocycles. The summed E-state index contributed by atoms with van der Waals surface area (Å²) in [5.74, 6) is 0.0687. The number of likely N-dealkylation sites (tertiary alicyclic amines) is 1. The first-order chi connectivity index (χ1) is 12.4. The van der Waals surface area contributed by atoms with E-state index in [1.165, 1.54) is 12.0 Å². The molecule has 0 bridgehead atoms. The van der Waals surface area contributed by atoms with E-state index in [4.69, 9.17) is 4.74 Å². The number of carbonyl (C=O) groups excluding carboxylic acids is 2. The second kappa shape index (κ2) is 7.71. The minimum absolute atomic E-state index is 0.218. The molecule has 1 aromatic rings. The zero-order valence-electron chi connectivity index (χ0n) is 14.7. The number of hydrogen-bond acceptors (Lipinski definition) is 7. The van der Waals surface area contributed by atoms with Gasteiger partial charge in [0.25, 0.3) is 0 Å². The van der Waals surface area contributed by atoms with E-state index < -0.39 is 18.7 Å². The van der Waals surface area contributed by atoms with Crippen LogP contribution in [-0.2, 0) is 16.0 Å². The largest absolute Gasteiger partial charge is 0.496 e. The van der Waals surface area contributed by atoms with Crippen molar-refractivity contribution in [1.29, 1.82) is 0 Å². The fourth-order valence-electron chi connectivity index (χ4n) is 3.57. The third-order valence-electron chi connectivity index (χ3n) is 4.97. The lowest BCUT2D eigenvalue weighted by atomic mass is 10.1. The molecule has 2 aliphatic rings. The van der Waals surface area contributed by atoms with E-state index >= 15 is 0 Å². The van der Waals surface area contributed by atoms with Crippen molar-refractivity contribution >= 4 is 17.5 Å². The van der Waals surface area contributed by atoms with E-state index in [0.29, 0.717) is 37.1 Å². The van der Waals surface area contributed by atoms with Crippen LogP contribution in [0.4, 0.5) is 5.69 Å². The van der Waals surface area contributed by atoms with Crippen LogP contribution in [0.2, 0.25) is 0 Å². The molecule has 0 radical (unpaired) electrons. The van der Waals surface area contributed by atoms with E-state index in [9.17, 15) is 24.9 Å². The molecule has 0 saturated carbocycles. The Kier molecular flexibility index (Phi) is 5.57. The van der Waals surface area contributed by atoms with Crippen LogP contribution in [0, 0.1) is 0 Å². The van der Waals surface area contributed by atoms with Gasteiger partial charge in [0.05, 0.1) is 12.8 Å². The minimum Gasteiger partial charge on any atom is -0.496 e. The van der Waals surface area contributed by atoms with Gasteiger partial charge in [0.15, 0.2) is 0 Å². The first-order valence-electron chi connectivity index (χ1n) is 8.76. The smallest absolute Gasteiger partial charge is 0.234 e. The van der Waals surface area contributed by atoms with E-state index in [0.717, 1.165) is 10.5 Å². The molecular formula is C18H24N2O6. The van der Waals surface area contributed by atoms with E-state index in [2.05, 4.69) is 0 Å². The van der Waals surface area contributed by atoms with Crippen molar-refractivity contribution in [2.75, 3.05) is 12.0 Å². The lowest BCUT2D eigenvalue weighted by Gasteiger charge is -2.29. The molecule has 26 heavy (non-hydrogen) atoms. The van der Waals surface area contributed by atoms with Crippen LogP contribution < -0.4 is 9.64 Å². The summed E-state index contributed by atoms with van der Waals surface area (Å²) in [6.45, 7) is 0. The number of aryl methyl sites for hydroxylation is 1. The molecule has 142 valence electrons. The number of hydrogen-bond donors (Lipinski definition) is 3. The number of amides is 2. The second-order valence-electron chi connectivity index (χ2n) is 6.62. The lowest BCUT2D eigenvalue weighted by Crippen LogP contribution is -2.44. The van der Waals surface area contributed by atoms with Gasteiger partial charge in [-0.3, -0.25) is 14.5 Å². The van der Waals surface area contributed by atoms with Crippen molar-refractivity contribution in [3.05, 3.63) is 23.8 Å². The Balaban J connectivity index is 1.70. The maximum Gasteiger partial charge on any atom is 0.234 e. The summed E-state index contributed by atoms with van der Waals surface area (Å²) in [4.78, 5) is 26.2. The SMILES string of the molecule is COc1cc(N2C(=O)CCC2=O)ccc1CCC(O)N1C(O)CCC1O. The lowest BCUT2D eigenvalue weighted by molar-refractivity contribution is -0.145. The predicted octanol–water partition coefficient (Wildman–Crippen LogP) is 0.332. The molecule has 0 aliphatic carbocycles. The van der Waals surface area contributed by atoms with Gasteiger partial charge in [-0.2, -0.15) is 0 Å². The first kappa shape index (κ1) is 18.8. The zero-order chi connectivity index (χ0) is 18.8. The molecule has 3 atom stereocenters. The van der Waals surface area contributed by atoms with Gasteiger partial charge in [-0.1, -0.05) is 6.07 Å². The number of nitrogens with zero attached hydrogens (tertiary/aromatic N) is 2. The van der Waals surface area contributed by atoms with Gasteiger partial charge >= 0.3 is 0 Å². The third-order valence-corrected chi connectivity index (χ3v) is 4.97. The van der Waals surface area contributed by atoms with Crippen LogP contribution in [0.15, 0.2) is 18.2 Å². The predicted molar refractivity (Wildman–Crippen MR) is 92.1 cm³/mol. The van der Waals surface area contributed by atoms with E-state index in [1.54, 1.807) is 18.2 Å². The van der Waals surface area contributed by atoms with Gasteiger partial charge < -0.3 is 20.1 Å². The monoisotopic (exact) mass is 364 g/mol. The fourth-order valence-corrected chi connectivity index (χ4v) is 3.57. The Labute approximate surface area is 151 Å². The fraction of sp³-hybridized carbons (Fsp3) is 0.556. The molecule has 3 N–H and O–H groups in total. The molecule has 8 nitrogen and oxygen atoms in total. The molecule has 0 spiro atoms. The summed E-state index contributed by atoms with van der Waals surface area (Å²) in [5.41, 5.74) is 1.28. The number of anilines is 1. The van der Waals surface area contributed by atoms with Crippen molar-refractivity contribution in [3.63, 3.8) is 0 Å². The third kappa shape index (κ3) is 3.59. The van der Waals surface area contributed by atoms with E-state index in [1.807, 2.05) is 0 Å². The summed E-state index contributed by atoms with van der Waals surface area (Å²) in [5, 5.41) is 30.0. The van der Waals surface area contributed by atoms with Crippen molar-refractivity contribution in [2.45, 2.75) is 57.2 Å². The summed E-state index contributed by atoms with van der Waals surface area (Å²) in [6, 6.07) is 5.09. The Morgan fingerprint density at radius 1 is 1.15 bits per heavy atom. The molecular weight excluding hydrogens is 340 g/mol. The topological polar surface area (TPSA) is 111 Å². The molecule has 8 heteroatoms. The highest BCUT2D eigenvalue weighted by molar-refractivity contribution is 6.19. The number of carbonyl (C=O) groups is 2. The molecule has 2 fully saturated rings. The summed E-state index contributed by atoms with van der Waals surface area (Å²) < 4.78 is 5.37. The quantitative estimate of drug-likeness (QED) is 0.624. The van der Waals surface area contributed by atoms with Crippen molar-refractivity contribution in [3.8, 4) is 5.75 Å². The Bertz CT molecular complexity index is 668. The zero-order valence-corrected chi connectivity index (χ0v) is 14.7. The van der Waals surface area contributed by atoms with Gasteiger partial charge in [-0.05, 0) is 37.3 Å². The average molecular weight is 364 g/mol. The molecule has 2 aliphatic heterocycles. The Hall–Kier alpha value is -2.00. The van der Waals surface area contributed by atoms with Crippen LogP contribution in [0.5, 0.6) is 5.75 Å². The number of methoxy groups -OCH3 is 1. The van der Waals surface area contributed by atoms with Crippen LogP contribution >= 0.6 is 0 Å². The minimum atomic E-state index is -0.978. The first-order valence-corrected chi connectivity index (χ1v) is 8.76. The van der Waals surface area contributed by atoms with Crippen molar-refractivity contribution in [1.82, 2.24) is 4.90 Å². The van der Waals surface area contributed by atoms with Gasteiger partial charge in [0.2, 0.25) is 11.8 Å². The van der Waals surface area contributed by atoms with Gasteiger partial charge in [-0.25, -0.2) is 4.90 Å². The van der Waals surface area contributed by atoms with Gasteiger partial charge in [0, 0.05) is 18.9 Å². The highest BCUT2D eigenvalue weighted by Gasteiger charge is 2.35. The molecule has 0 aromatic heterocycles. The maximum absolute atomic E-state index is 11.9. The highest BCUT2D eigenvalue weighted by Crippen LogP contribution is 2.31. The van der Waals surface area contributed by atoms with Gasteiger partial charge in [-0.15, -0.1) is 0 Å². The highest BCUT2D eigenvalue weighted by atomic mass is 16.5. The number of benzene rings is 1. The number of ether oxygens (including phenoxy) is 1. The van der Waals surface area contributed by atoms with Crippen molar-refractivity contribution < 1.29 is 29.6 Å². The normalized spacial score (nSPS) is 25.2. The summed E-state index contributed by atoms with van der Waals surface area (Å²) in [7, 11) is 1.50. The van der Waals surface area contributed by atoms with Crippen molar-refractivity contribution in [2.24, 2.45) is 0 Å². The number of aliphatic hydroxyl groups is 3. The summed E-state index contributed by atoms with van der Waals surface area (Å²) in [6.07, 6.45) is -0.650. The summed E-state index contributed by atoms with van der Waals surface area (Å²) >= 11 is 0. The second-order valence-corrected chi connectivity index (χ2v) is 6.62. The maximum atomic E-state index is 11.9. The van der Waals surface area contributed by atoms with Crippen LogP contribution in [0.1, 0.15) is 37.7 Å².